The Morgan fingerprint density at radius 2 is 2.05 bits per heavy atom. The van der Waals surface area contributed by atoms with Crippen LogP contribution in [0.3, 0.4) is 0 Å². The lowest BCUT2D eigenvalue weighted by atomic mass is 10.1. The van der Waals surface area contributed by atoms with Crippen LogP contribution in [-0.4, -0.2) is 36.2 Å². The molecular formula is C13H18N2O4. The molecule has 0 aliphatic carbocycles. The van der Waals surface area contributed by atoms with Crippen molar-refractivity contribution in [3.05, 3.63) is 24.3 Å². The van der Waals surface area contributed by atoms with E-state index in [9.17, 15) is 9.59 Å². The van der Waals surface area contributed by atoms with Crippen molar-refractivity contribution in [3.8, 4) is 5.75 Å². The van der Waals surface area contributed by atoms with Gasteiger partial charge in [-0.05, 0) is 33.0 Å². The maximum atomic E-state index is 11.9. The molecule has 6 nitrogen and oxygen atoms in total. The van der Waals surface area contributed by atoms with Crippen molar-refractivity contribution in [3.63, 3.8) is 0 Å². The van der Waals surface area contributed by atoms with E-state index < -0.39 is 18.1 Å². The van der Waals surface area contributed by atoms with E-state index >= 15 is 0 Å². The lowest BCUT2D eigenvalue weighted by molar-refractivity contribution is -0.139. The number of ether oxygens (including phenoxy) is 1. The Morgan fingerprint density at radius 1 is 1.37 bits per heavy atom. The second kappa shape index (κ2) is 6.19. The van der Waals surface area contributed by atoms with Crippen molar-refractivity contribution in [1.82, 2.24) is 5.32 Å². The van der Waals surface area contributed by atoms with Gasteiger partial charge in [-0.15, -0.1) is 0 Å². The molecule has 0 saturated carbocycles. The number of amides is 1. The molecule has 0 aliphatic heterocycles. The van der Waals surface area contributed by atoms with Gasteiger partial charge < -0.3 is 20.5 Å². The number of hydrogen-bond acceptors (Lipinski definition) is 4. The molecule has 19 heavy (non-hydrogen) atoms. The molecule has 0 saturated heterocycles. The molecule has 0 aliphatic rings. The van der Waals surface area contributed by atoms with E-state index in [2.05, 4.69) is 10.6 Å². The first-order valence-electron chi connectivity index (χ1n) is 5.80. The standard InChI is InChI=1S/C13H18N2O4/c1-13(2,14-3)12(18)15-9-5-4-6-10(7-9)19-8-11(16)17/h4-7,14H,8H2,1-3H3,(H,15,18)(H,16,17). The van der Waals surface area contributed by atoms with Crippen molar-refractivity contribution in [2.45, 2.75) is 19.4 Å². The largest absolute Gasteiger partial charge is 0.482 e. The third-order valence-corrected chi connectivity index (χ3v) is 2.65. The number of carbonyl (C=O) groups excluding carboxylic acids is 1. The Morgan fingerprint density at radius 3 is 2.63 bits per heavy atom. The van der Waals surface area contributed by atoms with Gasteiger partial charge in [0.1, 0.15) is 5.75 Å². The van der Waals surface area contributed by atoms with E-state index in [4.69, 9.17) is 9.84 Å². The summed E-state index contributed by atoms with van der Waals surface area (Å²) in [5, 5.41) is 14.2. The fourth-order valence-corrected chi connectivity index (χ4v) is 1.21. The van der Waals surface area contributed by atoms with E-state index in [-0.39, 0.29) is 5.91 Å². The quantitative estimate of drug-likeness (QED) is 0.717. The molecule has 1 aromatic carbocycles. The molecule has 0 bridgehead atoms. The van der Waals surface area contributed by atoms with Crippen LogP contribution < -0.4 is 15.4 Å². The molecule has 0 heterocycles. The second-order valence-electron chi connectivity index (χ2n) is 4.54. The Hall–Kier alpha value is -2.08. The molecule has 0 fully saturated rings. The van der Waals surface area contributed by atoms with Gasteiger partial charge >= 0.3 is 5.97 Å². The lowest BCUT2D eigenvalue weighted by Gasteiger charge is -2.22. The van der Waals surface area contributed by atoms with Gasteiger partial charge in [-0.25, -0.2) is 4.79 Å². The highest BCUT2D eigenvalue weighted by atomic mass is 16.5. The second-order valence-corrected chi connectivity index (χ2v) is 4.54. The summed E-state index contributed by atoms with van der Waals surface area (Å²) in [5.74, 6) is -0.849. The minimum atomic E-state index is -1.05. The fourth-order valence-electron chi connectivity index (χ4n) is 1.21. The first kappa shape index (κ1) is 15.0. The van der Waals surface area contributed by atoms with Crippen molar-refractivity contribution in [2.24, 2.45) is 0 Å². The van der Waals surface area contributed by atoms with Crippen molar-refractivity contribution >= 4 is 17.6 Å². The zero-order chi connectivity index (χ0) is 14.5. The number of carbonyl (C=O) groups is 2. The van der Waals surface area contributed by atoms with Gasteiger partial charge in [0.25, 0.3) is 0 Å². The summed E-state index contributed by atoms with van der Waals surface area (Å²) in [6.45, 7) is 3.10. The minimum absolute atomic E-state index is 0.189. The van der Waals surface area contributed by atoms with Crippen LogP contribution in [0.1, 0.15) is 13.8 Å². The number of anilines is 1. The van der Waals surface area contributed by atoms with Gasteiger partial charge in [-0.2, -0.15) is 0 Å². The van der Waals surface area contributed by atoms with Crippen molar-refractivity contribution < 1.29 is 19.4 Å². The van der Waals surface area contributed by atoms with Crippen LogP contribution in [-0.2, 0) is 9.59 Å². The zero-order valence-electron chi connectivity index (χ0n) is 11.2. The van der Waals surface area contributed by atoms with Crippen LogP contribution >= 0.6 is 0 Å². The van der Waals surface area contributed by atoms with Crippen LogP contribution in [0.4, 0.5) is 5.69 Å². The molecule has 0 radical (unpaired) electrons. The average Bonchev–Trinajstić information content (AvgIpc) is 2.36. The van der Waals surface area contributed by atoms with Crippen LogP contribution in [0.25, 0.3) is 0 Å². The van der Waals surface area contributed by atoms with Gasteiger partial charge in [0.15, 0.2) is 6.61 Å². The molecule has 1 rings (SSSR count). The highest BCUT2D eigenvalue weighted by Crippen LogP contribution is 2.18. The number of carboxylic acids is 1. The maximum absolute atomic E-state index is 11.9. The van der Waals surface area contributed by atoms with E-state index in [0.717, 1.165) is 0 Å². The van der Waals surface area contributed by atoms with E-state index in [0.29, 0.717) is 11.4 Å². The van der Waals surface area contributed by atoms with Crippen molar-refractivity contribution in [1.29, 1.82) is 0 Å². The number of hydrogen-bond donors (Lipinski definition) is 3. The normalized spacial score (nSPS) is 10.9. The third kappa shape index (κ3) is 4.59. The Kier molecular flexibility index (Phi) is 4.88. The lowest BCUT2D eigenvalue weighted by Crippen LogP contribution is -2.47. The van der Waals surface area contributed by atoms with Gasteiger partial charge in [-0.1, -0.05) is 6.07 Å². The first-order valence-corrected chi connectivity index (χ1v) is 5.80. The molecule has 104 valence electrons. The van der Waals surface area contributed by atoms with E-state index in [1.807, 2.05) is 0 Å². The molecule has 0 aromatic heterocycles. The molecule has 3 N–H and O–H groups in total. The average molecular weight is 266 g/mol. The zero-order valence-corrected chi connectivity index (χ0v) is 11.2. The van der Waals surface area contributed by atoms with E-state index in [1.165, 1.54) is 0 Å². The summed E-state index contributed by atoms with van der Waals surface area (Å²) in [6.07, 6.45) is 0. The number of benzene rings is 1. The summed E-state index contributed by atoms with van der Waals surface area (Å²) in [6, 6.07) is 6.59. The van der Waals surface area contributed by atoms with Crippen LogP contribution in [0.5, 0.6) is 5.75 Å². The van der Waals surface area contributed by atoms with Crippen LogP contribution in [0.2, 0.25) is 0 Å². The third-order valence-electron chi connectivity index (χ3n) is 2.65. The highest BCUT2D eigenvalue weighted by Gasteiger charge is 2.25. The Balaban J connectivity index is 2.72. The molecule has 1 amide bonds. The van der Waals surface area contributed by atoms with Crippen LogP contribution in [0.15, 0.2) is 24.3 Å². The summed E-state index contributed by atoms with van der Waals surface area (Å²) in [7, 11) is 1.70. The topological polar surface area (TPSA) is 87.7 Å². The molecule has 6 heteroatoms. The maximum Gasteiger partial charge on any atom is 0.341 e. The number of rotatable bonds is 6. The predicted molar refractivity (Wildman–Crippen MR) is 71.3 cm³/mol. The summed E-state index contributed by atoms with van der Waals surface area (Å²) >= 11 is 0. The number of nitrogens with one attached hydrogen (secondary N) is 2. The van der Waals surface area contributed by atoms with E-state index in [1.54, 1.807) is 45.2 Å². The molecule has 1 aromatic rings. The summed E-state index contributed by atoms with van der Waals surface area (Å²) in [5.41, 5.74) is -0.144. The molecule has 0 unspecified atom stereocenters. The molecule has 0 atom stereocenters. The van der Waals surface area contributed by atoms with Gasteiger partial charge in [0.05, 0.1) is 5.54 Å². The molecule has 0 spiro atoms. The minimum Gasteiger partial charge on any atom is -0.482 e. The van der Waals surface area contributed by atoms with Crippen LogP contribution in [0, 0.1) is 0 Å². The highest BCUT2D eigenvalue weighted by molar-refractivity contribution is 5.97. The van der Waals surface area contributed by atoms with Gasteiger partial charge in [-0.3, -0.25) is 4.79 Å². The summed E-state index contributed by atoms with van der Waals surface area (Å²) < 4.78 is 5.04. The van der Waals surface area contributed by atoms with Gasteiger partial charge in [0.2, 0.25) is 5.91 Å². The number of carboxylic acid groups (broad SMARTS) is 1. The Labute approximate surface area is 111 Å². The van der Waals surface area contributed by atoms with Gasteiger partial charge in [0, 0.05) is 11.8 Å². The fraction of sp³-hybridized carbons (Fsp3) is 0.385. The summed E-state index contributed by atoms with van der Waals surface area (Å²) in [4.78, 5) is 22.3. The monoisotopic (exact) mass is 266 g/mol. The SMILES string of the molecule is CNC(C)(C)C(=O)Nc1cccc(OCC(=O)O)c1. The predicted octanol–water partition coefficient (Wildman–Crippen LogP) is 1.09. The Bertz CT molecular complexity index is 471. The first-order chi connectivity index (χ1) is 8.85. The smallest absolute Gasteiger partial charge is 0.341 e. The number of aliphatic carboxylic acids is 1. The van der Waals surface area contributed by atoms with Crippen molar-refractivity contribution in [2.75, 3.05) is 19.0 Å². The number of likely N-dealkylation sites (N-methyl/N-ethyl adjacent to an activating group) is 1. The molecular weight excluding hydrogens is 248 g/mol.